The number of anilines is 1. The van der Waals surface area contributed by atoms with Gasteiger partial charge in [0.1, 0.15) is 0 Å². The fraction of sp³-hybridized carbons (Fsp3) is 0.286. The molecular weight excluding hydrogens is 447 g/mol. The Kier molecular flexibility index (Phi) is 6.33. The highest BCUT2D eigenvalue weighted by atomic mass is 35.5. The fourth-order valence-corrected chi connectivity index (χ4v) is 3.43. The summed E-state index contributed by atoms with van der Waals surface area (Å²) in [4.78, 5) is 20.4. The molecule has 3 aromatic rings. The maximum Gasteiger partial charge on any atom is 0.416 e. The minimum Gasteiger partial charge on any atom is -0.338 e. The molecule has 1 aliphatic rings. The number of nitrogens with one attached hydrogen (secondary N) is 1. The number of hydrogen-bond acceptors (Lipinski definition) is 5. The van der Waals surface area contributed by atoms with Crippen LogP contribution in [-0.2, 0) is 12.7 Å². The molecule has 0 atom stereocenters. The molecule has 0 saturated carbocycles. The van der Waals surface area contributed by atoms with E-state index in [1.807, 2.05) is 4.90 Å². The number of alkyl halides is 3. The zero-order valence-electron chi connectivity index (χ0n) is 16.8. The van der Waals surface area contributed by atoms with Crippen molar-refractivity contribution in [3.63, 3.8) is 0 Å². The summed E-state index contributed by atoms with van der Waals surface area (Å²) in [7, 11) is 0. The Hall–Kier alpha value is -3.11. The van der Waals surface area contributed by atoms with E-state index in [-0.39, 0.29) is 17.4 Å². The first-order valence-corrected chi connectivity index (χ1v) is 10.2. The third kappa shape index (κ3) is 5.38. The Morgan fingerprint density at radius 2 is 1.81 bits per heavy atom. The maximum absolute atomic E-state index is 12.9. The zero-order chi connectivity index (χ0) is 22.7. The number of amides is 2. The first-order chi connectivity index (χ1) is 15.3. The average Bonchev–Trinajstić information content (AvgIpc) is 3.24. The van der Waals surface area contributed by atoms with Crippen LogP contribution in [0.25, 0.3) is 11.4 Å². The Morgan fingerprint density at radius 1 is 1.09 bits per heavy atom. The van der Waals surface area contributed by atoms with Gasteiger partial charge in [-0.05, 0) is 36.4 Å². The van der Waals surface area contributed by atoms with Crippen LogP contribution in [0, 0.1) is 0 Å². The molecule has 1 aliphatic heterocycles. The average molecular weight is 466 g/mol. The van der Waals surface area contributed by atoms with Crippen molar-refractivity contribution in [2.75, 3.05) is 31.5 Å². The highest BCUT2D eigenvalue weighted by molar-refractivity contribution is 6.30. The molecule has 0 bridgehead atoms. The van der Waals surface area contributed by atoms with Gasteiger partial charge in [0.2, 0.25) is 11.7 Å². The summed E-state index contributed by atoms with van der Waals surface area (Å²) in [6, 6.07) is 11.5. The van der Waals surface area contributed by atoms with Gasteiger partial charge in [0.05, 0.1) is 12.1 Å². The van der Waals surface area contributed by atoms with Crippen LogP contribution in [0.15, 0.2) is 53.1 Å². The highest BCUT2D eigenvalue weighted by Crippen LogP contribution is 2.31. The van der Waals surface area contributed by atoms with Crippen molar-refractivity contribution in [1.29, 1.82) is 0 Å². The van der Waals surface area contributed by atoms with Gasteiger partial charge in [-0.2, -0.15) is 18.2 Å². The molecule has 2 aromatic carbocycles. The van der Waals surface area contributed by atoms with Crippen molar-refractivity contribution >= 4 is 23.3 Å². The van der Waals surface area contributed by atoms with Crippen LogP contribution in [0.2, 0.25) is 5.02 Å². The monoisotopic (exact) mass is 465 g/mol. The van der Waals surface area contributed by atoms with Crippen LogP contribution in [0.3, 0.4) is 0 Å². The summed E-state index contributed by atoms with van der Waals surface area (Å²) in [6.45, 7) is 2.55. The number of rotatable bonds is 4. The van der Waals surface area contributed by atoms with E-state index in [2.05, 4.69) is 15.5 Å². The summed E-state index contributed by atoms with van der Waals surface area (Å²) >= 11 is 5.85. The van der Waals surface area contributed by atoms with Gasteiger partial charge in [0.15, 0.2) is 0 Å². The molecule has 1 aromatic heterocycles. The van der Waals surface area contributed by atoms with E-state index in [0.717, 1.165) is 12.1 Å². The van der Waals surface area contributed by atoms with Crippen LogP contribution in [-0.4, -0.2) is 52.2 Å². The molecule has 0 spiro atoms. The number of nitrogens with zero attached hydrogens (tertiary/aromatic N) is 4. The number of hydrogen-bond donors (Lipinski definition) is 1. The SMILES string of the molecule is O=C(Nc1ccc(Cl)cc1)N1CCN(Cc2nc(-c3cccc(C(F)(F)F)c3)no2)CC1. The number of carbonyl (C=O) groups is 1. The molecule has 1 saturated heterocycles. The third-order valence-corrected chi connectivity index (χ3v) is 5.28. The molecule has 11 heteroatoms. The van der Waals surface area contributed by atoms with E-state index in [9.17, 15) is 18.0 Å². The number of carbonyl (C=O) groups excluding carboxylic acids is 1. The minimum absolute atomic E-state index is 0.104. The van der Waals surface area contributed by atoms with Gasteiger partial charge < -0.3 is 14.7 Å². The van der Waals surface area contributed by atoms with Crippen LogP contribution >= 0.6 is 11.6 Å². The lowest BCUT2D eigenvalue weighted by Gasteiger charge is -2.33. The van der Waals surface area contributed by atoms with Crippen molar-refractivity contribution in [3.8, 4) is 11.4 Å². The molecule has 1 fully saturated rings. The first kappa shape index (κ1) is 22.1. The minimum atomic E-state index is -4.44. The molecule has 0 unspecified atom stereocenters. The van der Waals surface area contributed by atoms with E-state index in [0.29, 0.717) is 49.3 Å². The number of urea groups is 1. The number of piperazine rings is 1. The van der Waals surface area contributed by atoms with Crippen molar-refractivity contribution < 1.29 is 22.5 Å². The molecule has 0 aliphatic carbocycles. The largest absolute Gasteiger partial charge is 0.416 e. The number of benzene rings is 2. The van der Waals surface area contributed by atoms with Gasteiger partial charge in [0, 0.05) is 42.5 Å². The van der Waals surface area contributed by atoms with Crippen LogP contribution in [0.5, 0.6) is 0 Å². The van der Waals surface area contributed by atoms with E-state index in [4.69, 9.17) is 16.1 Å². The number of aromatic nitrogens is 2. The maximum atomic E-state index is 12.9. The quantitative estimate of drug-likeness (QED) is 0.601. The Bertz CT molecular complexity index is 1080. The van der Waals surface area contributed by atoms with Crippen LogP contribution < -0.4 is 5.32 Å². The van der Waals surface area contributed by atoms with Gasteiger partial charge in [-0.15, -0.1) is 0 Å². The molecule has 1 N–H and O–H groups in total. The van der Waals surface area contributed by atoms with E-state index in [1.165, 1.54) is 12.1 Å². The summed E-state index contributed by atoms with van der Waals surface area (Å²) < 4.78 is 44.0. The summed E-state index contributed by atoms with van der Waals surface area (Å²) in [5.74, 6) is 0.406. The zero-order valence-corrected chi connectivity index (χ0v) is 17.5. The predicted molar refractivity (Wildman–Crippen MR) is 112 cm³/mol. The first-order valence-electron chi connectivity index (χ1n) is 9.82. The lowest BCUT2D eigenvalue weighted by atomic mass is 10.1. The molecule has 7 nitrogen and oxygen atoms in total. The van der Waals surface area contributed by atoms with Crippen LogP contribution in [0.1, 0.15) is 11.5 Å². The molecule has 168 valence electrons. The Morgan fingerprint density at radius 3 is 2.50 bits per heavy atom. The fourth-order valence-electron chi connectivity index (χ4n) is 3.31. The summed E-state index contributed by atoms with van der Waals surface area (Å²) in [5.41, 5.74) is 0.127. The molecular formula is C21H19ClF3N5O2. The van der Waals surface area contributed by atoms with Gasteiger partial charge in [0.25, 0.3) is 0 Å². The molecule has 2 heterocycles. The topological polar surface area (TPSA) is 74.5 Å². The van der Waals surface area contributed by atoms with Crippen LogP contribution in [0.4, 0.5) is 23.7 Å². The smallest absolute Gasteiger partial charge is 0.338 e. The Balaban J connectivity index is 1.31. The second kappa shape index (κ2) is 9.17. The predicted octanol–water partition coefficient (Wildman–Crippen LogP) is 4.76. The second-order valence-electron chi connectivity index (χ2n) is 7.29. The second-order valence-corrected chi connectivity index (χ2v) is 7.73. The van der Waals surface area contributed by atoms with E-state index in [1.54, 1.807) is 29.2 Å². The molecule has 0 radical (unpaired) electrons. The van der Waals surface area contributed by atoms with Gasteiger partial charge in [-0.25, -0.2) is 4.79 Å². The molecule has 32 heavy (non-hydrogen) atoms. The van der Waals surface area contributed by atoms with Gasteiger partial charge in [-0.3, -0.25) is 4.90 Å². The van der Waals surface area contributed by atoms with Crippen molar-refractivity contribution in [1.82, 2.24) is 19.9 Å². The highest BCUT2D eigenvalue weighted by Gasteiger charge is 2.31. The van der Waals surface area contributed by atoms with Gasteiger partial charge in [-0.1, -0.05) is 28.9 Å². The van der Waals surface area contributed by atoms with Crippen molar-refractivity contribution in [3.05, 3.63) is 65.0 Å². The standard InChI is InChI=1S/C21H19ClF3N5O2/c22-16-4-6-17(7-5-16)26-20(31)30-10-8-29(9-11-30)13-18-27-19(28-32-18)14-2-1-3-15(12-14)21(23,24)25/h1-7,12H,8-11,13H2,(H,26,31). The van der Waals surface area contributed by atoms with Gasteiger partial charge >= 0.3 is 12.2 Å². The normalized spacial score (nSPS) is 15.1. The summed E-state index contributed by atoms with van der Waals surface area (Å²) in [5, 5.41) is 7.23. The third-order valence-electron chi connectivity index (χ3n) is 5.03. The van der Waals surface area contributed by atoms with E-state index >= 15 is 0 Å². The van der Waals surface area contributed by atoms with Crippen molar-refractivity contribution in [2.45, 2.75) is 12.7 Å². The molecule has 2 amide bonds. The summed E-state index contributed by atoms with van der Waals surface area (Å²) in [6.07, 6.45) is -4.44. The Labute approximate surface area is 186 Å². The molecule has 4 rings (SSSR count). The lowest BCUT2D eigenvalue weighted by Crippen LogP contribution is -2.49. The van der Waals surface area contributed by atoms with Crippen molar-refractivity contribution in [2.24, 2.45) is 0 Å². The van der Waals surface area contributed by atoms with E-state index < -0.39 is 11.7 Å². The number of halogens is 4. The lowest BCUT2D eigenvalue weighted by molar-refractivity contribution is -0.137.